The van der Waals surface area contributed by atoms with Gasteiger partial charge in [-0.3, -0.25) is 9.59 Å². The molecular weight excluding hydrogens is 350 g/mol. The van der Waals surface area contributed by atoms with Crippen molar-refractivity contribution in [3.63, 3.8) is 0 Å². The molecule has 28 heavy (non-hydrogen) atoms. The normalized spacial score (nSPS) is 11.9. The molecule has 0 radical (unpaired) electrons. The van der Waals surface area contributed by atoms with Crippen LogP contribution in [-0.2, 0) is 11.2 Å². The minimum absolute atomic E-state index is 0.0409. The Balaban J connectivity index is 1.89. The number of hydrogen-bond donors (Lipinski definition) is 2. The van der Waals surface area contributed by atoms with Crippen molar-refractivity contribution in [2.45, 2.75) is 33.2 Å². The van der Waals surface area contributed by atoms with Crippen molar-refractivity contribution in [3.05, 3.63) is 70.3 Å². The van der Waals surface area contributed by atoms with Crippen molar-refractivity contribution in [2.75, 3.05) is 27.2 Å². The highest BCUT2D eigenvalue weighted by atomic mass is 16.2. The SMILES string of the molecule is CCc1ccc(C(CNC(=O)CNC(=O)c2cc(C)cc(C)c2)N(C)C)cc1. The first-order valence-corrected chi connectivity index (χ1v) is 9.68. The molecule has 0 aromatic heterocycles. The van der Waals surface area contributed by atoms with Gasteiger partial charge in [0.05, 0.1) is 12.6 Å². The number of carbonyl (C=O) groups excluding carboxylic acids is 2. The topological polar surface area (TPSA) is 61.4 Å². The lowest BCUT2D eigenvalue weighted by Gasteiger charge is -2.25. The van der Waals surface area contributed by atoms with Gasteiger partial charge in [-0.15, -0.1) is 0 Å². The molecule has 2 amide bonds. The summed E-state index contributed by atoms with van der Waals surface area (Å²) >= 11 is 0. The lowest BCUT2D eigenvalue weighted by atomic mass is 10.0. The number of rotatable bonds is 8. The molecule has 0 saturated heterocycles. The fourth-order valence-electron chi connectivity index (χ4n) is 3.22. The van der Waals surface area contributed by atoms with Gasteiger partial charge in [-0.1, -0.05) is 48.4 Å². The molecule has 2 aromatic carbocycles. The zero-order valence-corrected chi connectivity index (χ0v) is 17.5. The number of nitrogens with zero attached hydrogens (tertiary/aromatic N) is 1. The van der Waals surface area contributed by atoms with Crippen LogP contribution in [0.1, 0.15) is 45.6 Å². The Kier molecular flexibility index (Phi) is 7.76. The summed E-state index contributed by atoms with van der Waals surface area (Å²) in [6, 6.07) is 14.2. The summed E-state index contributed by atoms with van der Waals surface area (Å²) in [7, 11) is 3.98. The molecule has 5 nitrogen and oxygen atoms in total. The number of amides is 2. The standard InChI is InChI=1S/C23H31N3O2/c1-6-18-7-9-19(10-8-18)21(26(4)5)14-24-22(27)15-25-23(28)20-12-16(2)11-17(3)13-20/h7-13,21H,6,14-15H2,1-5H3,(H,24,27)(H,25,28). The van der Waals surface area contributed by atoms with Crippen molar-refractivity contribution < 1.29 is 9.59 Å². The molecule has 1 unspecified atom stereocenters. The van der Waals surface area contributed by atoms with Gasteiger partial charge in [-0.2, -0.15) is 0 Å². The quantitative estimate of drug-likeness (QED) is 0.739. The van der Waals surface area contributed by atoms with Crippen LogP contribution in [0, 0.1) is 13.8 Å². The average Bonchev–Trinajstić information content (AvgIpc) is 2.65. The van der Waals surface area contributed by atoms with Gasteiger partial charge in [0.15, 0.2) is 0 Å². The highest BCUT2D eigenvalue weighted by Crippen LogP contribution is 2.18. The second-order valence-corrected chi connectivity index (χ2v) is 7.44. The smallest absolute Gasteiger partial charge is 0.251 e. The van der Waals surface area contributed by atoms with Gasteiger partial charge in [0.2, 0.25) is 5.91 Å². The first kappa shape index (κ1) is 21.6. The monoisotopic (exact) mass is 381 g/mol. The van der Waals surface area contributed by atoms with E-state index in [-0.39, 0.29) is 24.4 Å². The van der Waals surface area contributed by atoms with Crippen LogP contribution in [-0.4, -0.2) is 43.9 Å². The van der Waals surface area contributed by atoms with E-state index in [0.717, 1.165) is 23.1 Å². The van der Waals surface area contributed by atoms with E-state index in [0.29, 0.717) is 12.1 Å². The second-order valence-electron chi connectivity index (χ2n) is 7.44. The molecule has 0 spiro atoms. The van der Waals surface area contributed by atoms with E-state index in [1.807, 2.05) is 46.1 Å². The van der Waals surface area contributed by atoms with E-state index in [1.165, 1.54) is 5.56 Å². The highest BCUT2D eigenvalue weighted by Gasteiger charge is 2.16. The minimum atomic E-state index is -0.235. The lowest BCUT2D eigenvalue weighted by Crippen LogP contribution is -2.40. The molecule has 0 saturated carbocycles. The molecule has 2 N–H and O–H groups in total. The molecule has 0 aliphatic carbocycles. The molecule has 150 valence electrons. The van der Waals surface area contributed by atoms with Crippen LogP contribution in [0.2, 0.25) is 0 Å². The van der Waals surface area contributed by atoms with E-state index in [9.17, 15) is 9.59 Å². The van der Waals surface area contributed by atoms with Crippen molar-refractivity contribution in [1.29, 1.82) is 0 Å². The zero-order chi connectivity index (χ0) is 20.7. The van der Waals surface area contributed by atoms with Crippen LogP contribution in [0.3, 0.4) is 0 Å². The Morgan fingerprint density at radius 2 is 1.57 bits per heavy atom. The molecule has 5 heteroatoms. The summed E-state index contributed by atoms with van der Waals surface area (Å²) in [5, 5.41) is 5.62. The maximum Gasteiger partial charge on any atom is 0.251 e. The Bertz CT molecular complexity index is 793. The van der Waals surface area contributed by atoms with Gasteiger partial charge < -0.3 is 15.5 Å². The molecule has 0 bridgehead atoms. The fourth-order valence-corrected chi connectivity index (χ4v) is 3.22. The zero-order valence-electron chi connectivity index (χ0n) is 17.5. The molecular formula is C23H31N3O2. The van der Waals surface area contributed by atoms with Gasteiger partial charge in [-0.25, -0.2) is 0 Å². The predicted molar refractivity (Wildman–Crippen MR) is 114 cm³/mol. The molecule has 0 fully saturated rings. The van der Waals surface area contributed by atoms with Crippen molar-refractivity contribution >= 4 is 11.8 Å². The third-order valence-electron chi connectivity index (χ3n) is 4.78. The number of likely N-dealkylation sites (N-methyl/N-ethyl adjacent to an activating group) is 1. The van der Waals surface area contributed by atoms with Crippen LogP contribution in [0.25, 0.3) is 0 Å². The molecule has 0 aliphatic rings. The van der Waals surface area contributed by atoms with Crippen LogP contribution in [0.15, 0.2) is 42.5 Å². The molecule has 1 atom stereocenters. The Morgan fingerprint density at radius 1 is 0.964 bits per heavy atom. The van der Waals surface area contributed by atoms with Gasteiger partial charge in [0.1, 0.15) is 0 Å². The van der Waals surface area contributed by atoms with E-state index in [1.54, 1.807) is 0 Å². The van der Waals surface area contributed by atoms with Crippen LogP contribution in [0.5, 0.6) is 0 Å². The van der Waals surface area contributed by atoms with Gasteiger partial charge in [0, 0.05) is 12.1 Å². The Hall–Kier alpha value is -2.66. The summed E-state index contributed by atoms with van der Waals surface area (Å²) in [4.78, 5) is 26.6. The Labute approximate surface area is 168 Å². The largest absolute Gasteiger partial charge is 0.353 e. The summed E-state index contributed by atoms with van der Waals surface area (Å²) < 4.78 is 0. The van der Waals surface area contributed by atoms with Crippen LogP contribution in [0.4, 0.5) is 0 Å². The second kappa shape index (κ2) is 10.0. The van der Waals surface area contributed by atoms with Crippen LogP contribution >= 0.6 is 0 Å². The molecule has 0 heterocycles. The first-order valence-electron chi connectivity index (χ1n) is 9.68. The Morgan fingerprint density at radius 3 is 2.11 bits per heavy atom. The lowest BCUT2D eigenvalue weighted by molar-refractivity contribution is -0.120. The first-order chi connectivity index (χ1) is 13.3. The van der Waals surface area contributed by atoms with Gasteiger partial charge in [0.25, 0.3) is 5.91 Å². The maximum atomic E-state index is 12.3. The van der Waals surface area contributed by atoms with E-state index in [4.69, 9.17) is 0 Å². The number of benzene rings is 2. The van der Waals surface area contributed by atoms with E-state index in [2.05, 4.69) is 46.7 Å². The average molecular weight is 382 g/mol. The molecule has 2 aromatic rings. The molecule has 0 aliphatic heterocycles. The predicted octanol–water partition coefficient (Wildman–Crippen LogP) is 3.01. The summed E-state index contributed by atoms with van der Waals surface area (Å²) in [5.41, 5.74) is 5.07. The highest BCUT2D eigenvalue weighted by molar-refractivity contribution is 5.96. The van der Waals surface area contributed by atoms with E-state index >= 15 is 0 Å². The summed E-state index contributed by atoms with van der Waals surface area (Å²) in [5.74, 6) is -0.434. The number of hydrogen-bond acceptors (Lipinski definition) is 3. The minimum Gasteiger partial charge on any atom is -0.353 e. The number of aryl methyl sites for hydroxylation is 3. The van der Waals surface area contributed by atoms with Gasteiger partial charge >= 0.3 is 0 Å². The van der Waals surface area contributed by atoms with E-state index < -0.39 is 0 Å². The summed E-state index contributed by atoms with van der Waals surface area (Å²) in [6.45, 7) is 6.47. The van der Waals surface area contributed by atoms with Gasteiger partial charge in [-0.05, 0) is 57.6 Å². The maximum absolute atomic E-state index is 12.3. The van der Waals surface area contributed by atoms with Crippen molar-refractivity contribution in [2.24, 2.45) is 0 Å². The van der Waals surface area contributed by atoms with Crippen LogP contribution < -0.4 is 10.6 Å². The third-order valence-corrected chi connectivity index (χ3v) is 4.78. The fraction of sp³-hybridized carbons (Fsp3) is 0.391. The van der Waals surface area contributed by atoms with Crippen molar-refractivity contribution in [1.82, 2.24) is 15.5 Å². The van der Waals surface area contributed by atoms with Crippen molar-refractivity contribution in [3.8, 4) is 0 Å². The number of carbonyl (C=O) groups is 2. The number of nitrogens with one attached hydrogen (secondary N) is 2. The third kappa shape index (κ3) is 6.20. The summed E-state index contributed by atoms with van der Waals surface area (Å²) in [6.07, 6.45) is 1.00. The molecule has 2 rings (SSSR count).